The first-order valence-electron chi connectivity index (χ1n) is 20.7. The van der Waals surface area contributed by atoms with Gasteiger partial charge in [-0.3, -0.25) is 4.57 Å². The first-order valence-corrected chi connectivity index (χ1v) is 20.7. The van der Waals surface area contributed by atoms with Crippen LogP contribution in [0, 0.1) is 0 Å². The number of aromatic nitrogens is 4. The van der Waals surface area contributed by atoms with E-state index in [1.165, 1.54) is 21.7 Å². The third-order valence-corrected chi connectivity index (χ3v) is 12.3. The lowest BCUT2D eigenvalue weighted by molar-refractivity contribution is 0.487. The normalized spacial score (nSPS) is 12.1. The molecule has 13 rings (SSSR count). The first-order chi connectivity index (χ1) is 30.3. The maximum Gasteiger partial charge on any atom is 0.235 e. The molecule has 0 saturated carbocycles. The molecule has 0 spiro atoms. The van der Waals surface area contributed by atoms with Gasteiger partial charge in [-0.25, -0.2) is 9.97 Å². The van der Waals surface area contributed by atoms with Crippen molar-refractivity contribution in [3.05, 3.63) is 206 Å². The summed E-state index contributed by atoms with van der Waals surface area (Å²) in [4.78, 5) is 10.6. The van der Waals surface area contributed by atoms with Gasteiger partial charge in [0.15, 0.2) is 0 Å². The van der Waals surface area contributed by atoms with Crippen molar-refractivity contribution in [1.29, 1.82) is 0 Å². The molecule has 1 aliphatic rings. The van der Waals surface area contributed by atoms with E-state index < -0.39 is 0 Å². The zero-order valence-electron chi connectivity index (χ0n) is 32.8. The molecule has 0 atom stereocenters. The minimum Gasteiger partial charge on any atom is -0.456 e. The van der Waals surface area contributed by atoms with Gasteiger partial charge in [-0.2, -0.15) is 0 Å². The number of hydrogen-bond acceptors (Lipinski definition) is 3. The van der Waals surface area contributed by atoms with Gasteiger partial charge in [-0.05, 0) is 82.7 Å². The van der Waals surface area contributed by atoms with Crippen molar-refractivity contribution < 1.29 is 4.74 Å². The molecule has 0 aliphatic carbocycles. The van der Waals surface area contributed by atoms with Gasteiger partial charge in [-0.1, -0.05) is 146 Å². The van der Waals surface area contributed by atoms with Crippen LogP contribution in [-0.2, 0) is 0 Å². The molecule has 0 radical (unpaired) electrons. The Bertz CT molecular complexity index is 3660. The summed E-state index contributed by atoms with van der Waals surface area (Å²) in [5, 5.41) is 7.02. The van der Waals surface area contributed by atoms with Gasteiger partial charge < -0.3 is 9.30 Å². The molecule has 3 aromatic heterocycles. The Morgan fingerprint density at radius 2 is 0.934 bits per heavy atom. The van der Waals surface area contributed by atoms with E-state index >= 15 is 0 Å². The Kier molecular flexibility index (Phi) is 7.24. The molecule has 0 fully saturated rings. The van der Waals surface area contributed by atoms with Gasteiger partial charge in [0.05, 0.1) is 33.5 Å². The SMILES string of the molecule is c1ccc(-c2cc(-c3ccccc3)nc(-n3c4ccccc4c4c(-c5ccc6c(c5)c5c7cccc8c7c(cc5n6-c5ccccc5)-c5ccccc5O8)cccc43)n2)cc1. The van der Waals surface area contributed by atoms with Gasteiger partial charge in [0.25, 0.3) is 0 Å². The van der Waals surface area contributed by atoms with E-state index in [9.17, 15) is 0 Å². The fourth-order valence-corrected chi connectivity index (χ4v) is 9.70. The minimum atomic E-state index is 0.633. The molecule has 0 saturated heterocycles. The summed E-state index contributed by atoms with van der Waals surface area (Å²) in [6.45, 7) is 0. The predicted molar refractivity (Wildman–Crippen MR) is 250 cm³/mol. The standard InChI is InChI=1S/C56H34N4O/c1-4-16-35(17-5-1)45-34-46(36-18-6-2-7-19-36)58-56(57-45)60-47-26-12-10-23-41(47)53-39(24-14-27-49(53)60)37-30-31-48-44(32-37)54-42-25-15-29-52-55(42)43(40-22-11-13-28-51(40)61-52)33-50(54)59(48)38-20-8-3-9-21-38/h1-34H. The number of ether oxygens (including phenoxy) is 1. The summed E-state index contributed by atoms with van der Waals surface area (Å²) in [6.07, 6.45) is 0. The Morgan fingerprint density at radius 3 is 1.72 bits per heavy atom. The Labute approximate surface area is 351 Å². The van der Waals surface area contributed by atoms with Crippen molar-refractivity contribution in [1.82, 2.24) is 19.1 Å². The predicted octanol–water partition coefficient (Wildman–Crippen LogP) is 14.6. The van der Waals surface area contributed by atoms with E-state index in [0.717, 1.165) is 94.6 Å². The molecule has 0 unspecified atom stereocenters. The Morgan fingerprint density at radius 1 is 0.328 bits per heavy atom. The van der Waals surface area contributed by atoms with Crippen LogP contribution in [0.25, 0.3) is 111 Å². The Hall–Kier alpha value is -8.28. The molecule has 5 heteroatoms. The largest absolute Gasteiger partial charge is 0.456 e. The molecular weight excluding hydrogens is 745 g/mol. The topological polar surface area (TPSA) is 44.9 Å². The van der Waals surface area contributed by atoms with Crippen LogP contribution >= 0.6 is 0 Å². The number of benzene rings is 9. The second kappa shape index (κ2) is 13.1. The molecule has 0 amide bonds. The molecule has 0 N–H and O–H groups in total. The third kappa shape index (κ3) is 5.08. The number of para-hydroxylation sites is 3. The van der Waals surface area contributed by atoms with Crippen LogP contribution in [0.15, 0.2) is 206 Å². The minimum absolute atomic E-state index is 0.633. The number of nitrogens with zero attached hydrogens (tertiary/aromatic N) is 4. The number of rotatable bonds is 5. The number of fused-ring (bicyclic) bond motifs is 9. The number of hydrogen-bond donors (Lipinski definition) is 0. The summed E-state index contributed by atoms with van der Waals surface area (Å²) >= 11 is 0. The smallest absolute Gasteiger partial charge is 0.235 e. The molecule has 1 aliphatic heterocycles. The third-order valence-electron chi connectivity index (χ3n) is 12.3. The fourth-order valence-electron chi connectivity index (χ4n) is 9.70. The van der Waals surface area contributed by atoms with Crippen molar-refractivity contribution in [2.24, 2.45) is 0 Å². The zero-order chi connectivity index (χ0) is 40.0. The molecule has 284 valence electrons. The van der Waals surface area contributed by atoms with E-state index in [4.69, 9.17) is 14.7 Å². The van der Waals surface area contributed by atoms with Crippen LogP contribution in [0.5, 0.6) is 11.5 Å². The van der Waals surface area contributed by atoms with Gasteiger partial charge >= 0.3 is 0 Å². The molecule has 61 heavy (non-hydrogen) atoms. The monoisotopic (exact) mass is 778 g/mol. The molecule has 0 bridgehead atoms. The van der Waals surface area contributed by atoms with Crippen molar-refractivity contribution in [3.63, 3.8) is 0 Å². The van der Waals surface area contributed by atoms with Crippen molar-refractivity contribution in [2.75, 3.05) is 0 Å². The fraction of sp³-hybridized carbons (Fsp3) is 0. The van der Waals surface area contributed by atoms with Crippen LogP contribution in [0.3, 0.4) is 0 Å². The van der Waals surface area contributed by atoms with E-state index in [2.05, 4.69) is 197 Å². The van der Waals surface area contributed by atoms with Crippen LogP contribution in [0.4, 0.5) is 0 Å². The molecule has 4 heterocycles. The average molecular weight is 779 g/mol. The van der Waals surface area contributed by atoms with E-state index in [1.54, 1.807) is 0 Å². The van der Waals surface area contributed by atoms with Crippen molar-refractivity contribution in [2.45, 2.75) is 0 Å². The van der Waals surface area contributed by atoms with Crippen molar-refractivity contribution >= 4 is 54.4 Å². The van der Waals surface area contributed by atoms with E-state index in [1.807, 2.05) is 18.2 Å². The van der Waals surface area contributed by atoms with E-state index in [0.29, 0.717) is 5.95 Å². The van der Waals surface area contributed by atoms with Gasteiger partial charge in [0, 0.05) is 49.3 Å². The van der Waals surface area contributed by atoms with Gasteiger partial charge in [-0.15, -0.1) is 0 Å². The lowest BCUT2D eigenvalue weighted by atomic mass is 9.91. The second-order valence-corrected chi connectivity index (χ2v) is 15.7. The first kappa shape index (κ1) is 33.7. The maximum absolute atomic E-state index is 6.57. The molecular formula is C56H34N4O. The molecule has 5 nitrogen and oxygen atoms in total. The highest BCUT2D eigenvalue weighted by Crippen LogP contribution is 2.51. The second-order valence-electron chi connectivity index (χ2n) is 15.7. The van der Waals surface area contributed by atoms with Crippen LogP contribution < -0.4 is 4.74 Å². The zero-order valence-corrected chi connectivity index (χ0v) is 32.8. The quantitative estimate of drug-likeness (QED) is 0.175. The van der Waals surface area contributed by atoms with Gasteiger partial charge in [0.2, 0.25) is 5.95 Å². The highest BCUT2D eigenvalue weighted by Gasteiger charge is 2.26. The summed E-state index contributed by atoms with van der Waals surface area (Å²) in [6, 6.07) is 73.0. The maximum atomic E-state index is 6.57. The summed E-state index contributed by atoms with van der Waals surface area (Å²) in [5.74, 6) is 2.40. The van der Waals surface area contributed by atoms with Crippen LogP contribution in [0.1, 0.15) is 0 Å². The summed E-state index contributed by atoms with van der Waals surface area (Å²) < 4.78 is 11.2. The Balaban J connectivity index is 1.09. The lowest BCUT2D eigenvalue weighted by Gasteiger charge is -2.22. The lowest BCUT2D eigenvalue weighted by Crippen LogP contribution is -2.04. The molecule has 12 aromatic rings. The van der Waals surface area contributed by atoms with Crippen molar-refractivity contribution in [3.8, 4) is 67.9 Å². The average Bonchev–Trinajstić information content (AvgIpc) is 3.85. The van der Waals surface area contributed by atoms with Crippen LogP contribution in [-0.4, -0.2) is 19.1 Å². The van der Waals surface area contributed by atoms with E-state index in [-0.39, 0.29) is 0 Å². The molecule has 9 aromatic carbocycles. The summed E-state index contributed by atoms with van der Waals surface area (Å²) in [5.41, 5.74) is 13.9. The van der Waals surface area contributed by atoms with Gasteiger partial charge in [0.1, 0.15) is 11.5 Å². The highest BCUT2D eigenvalue weighted by molar-refractivity contribution is 6.27. The summed E-state index contributed by atoms with van der Waals surface area (Å²) in [7, 11) is 0. The highest BCUT2D eigenvalue weighted by atomic mass is 16.5. The van der Waals surface area contributed by atoms with Crippen LogP contribution in [0.2, 0.25) is 0 Å².